The van der Waals surface area contributed by atoms with Crippen molar-refractivity contribution in [2.45, 2.75) is 6.04 Å². The number of nitrogens with zero attached hydrogens (tertiary/aromatic N) is 3. The number of ether oxygens (including phenoxy) is 1. The topological polar surface area (TPSA) is 68.5 Å². The van der Waals surface area contributed by atoms with Crippen molar-refractivity contribution in [3.63, 3.8) is 0 Å². The van der Waals surface area contributed by atoms with Gasteiger partial charge in [0.1, 0.15) is 6.04 Å². The van der Waals surface area contributed by atoms with Crippen molar-refractivity contribution in [2.24, 2.45) is 0 Å². The highest BCUT2D eigenvalue weighted by atomic mass is 35.5. The lowest BCUT2D eigenvalue weighted by atomic mass is 10.1. The number of halogens is 2. The quantitative estimate of drug-likeness (QED) is 0.848. The molecule has 2 heterocycles. The summed E-state index contributed by atoms with van der Waals surface area (Å²) >= 11 is 11.9. The van der Waals surface area contributed by atoms with Crippen LogP contribution in [0.1, 0.15) is 22.2 Å². The van der Waals surface area contributed by atoms with Crippen molar-refractivity contribution < 1.29 is 14.1 Å². The van der Waals surface area contributed by atoms with Gasteiger partial charge in [0.05, 0.1) is 13.2 Å². The molecular formula is C13H11Cl2N3O3. The van der Waals surface area contributed by atoms with E-state index < -0.39 is 0 Å². The number of rotatable bonds is 2. The van der Waals surface area contributed by atoms with Crippen molar-refractivity contribution in [2.75, 3.05) is 19.8 Å². The third-order valence-electron chi connectivity index (χ3n) is 3.18. The summed E-state index contributed by atoms with van der Waals surface area (Å²) in [4.78, 5) is 18.3. The zero-order valence-corrected chi connectivity index (χ0v) is 12.3. The van der Waals surface area contributed by atoms with Crippen molar-refractivity contribution in [3.05, 3.63) is 46.0 Å². The Morgan fingerprint density at radius 1 is 1.29 bits per heavy atom. The standard InChI is InChI=1S/C13H11Cl2N3O3/c14-9-3-8(4-10(15)5-9)13(19)18-1-2-20-6-11(18)12-16-7-21-17-12/h3-5,7,11H,1-2,6H2. The Balaban J connectivity index is 1.90. The Hall–Kier alpha value is -1.63. The minimum Gasteiger partial charge on any atom is -0.377 e. The van der Waals surface area contributed by atoms with Crippen LogP contribution in [0.15, 0.2) is 29.1 Å². The van der Waals surface area contributed by atoms with E-state index in [1.54, 1.807) is 23.1 Å². The van der Waals surface area contributed by atoms with Crippen LogP contribution in [0.2, 0.25) is 10.0 Å². The van der Waals surface area contributed by atoms with Gasteiger partial charge in [-0.05, 0) is 18.2 Å². The molecule has 1 aliphatic heterocycles. The van der Waals surface area contributed by atoms with Gasteiger partial charge in [0.2, 0.25) is 6.39 Å². The van der Waals surface area contributed by atoms with Crippen LogP contribution in [-0.4, -0.2) is 40.7 Å². The van der Waals surface area contributed by atoms with Gasteiger partial charge in [-0.15, -0.1) is 0 Å². The molecule has 1 atom stereocenters. The third-order valence-corrected chi connectivity index (χ3v) is 3.61. The number of aromatic nitrogens is 2. The average molecular weight is 328 g/mol. The van der Waals surface area contributed by atoms with Crippen LogP contribution in [0.25, 0.3) is 0 Å². The number of carbonyl (C=O) groups excluding carboxylic acids is 1. The number of morpholine rings is 1. The molecule has 8 heteroatoms. The Morgan fingerprint density at radius 3 is 2.71 bits per heavy atom. The van der Waals surface area contributed by atoms with Gasteiger partial charge in [-0.2, -0.15) is 4.98 Å². The van der Waals surface area contributed by atoms with E-state index in [4.69, 9.17) is 32.5 Å². The van der Waals surface area contributed by atoms with Gasteiger partial charge in [0.15, 0.2) is 5.82 Å². The maximum atomic E-state index is 12.7. The van der Waals surface area contributed by atoms with Gasteiger partial charge in [-0.3, -0.25) is 4.79 Å². The lowest BCUT2D eigenvalue weighted by Gasteiger charge is -2.33. The molecule has 0 radical (unpaired) electrons. The van der Waals surface area contributed by atoms with Crippen LogP contribution in [0.3, 0.4) is 0 Å². The first kappa shape index (κ1) is 14.3. The maximum absolute atomic E-state index is 12.7. The Bertz CT molecular complexity index is 628. The van der Waals surface area contributed by atoms with Crippen LogP contribution in [0.5, 0.6) is 0 Å². The predicted octanol–water partition coefficient (Wildman–Crippen LogP) is 2.59. The molecule has 1 aromatic heterocycles. The molecule has 1 fully saturated rings. The molecule has 0 N–H and O–H groups in total. The Labute approximate surface area is 130 Å². The number of benzene rings is 1. The van der Waals surface area contributed by atoms with E-state index in [9.17, 15) is 4.79 Å². The maximum Gasteiger partial charge on any atom is 0.254 e. The predicted molar refractivity (Wildman–Crippen MR) is 75.4 cm³/mol. The molecule has 1 saturated heterocycles. The van der Waals surface area contributed by atoms with Crippen molar-refractivity contribution >= 4 is 29.1 Å². The largest absolute Gasteiger partial charge is 0.377 e. The summed E-state index contributed by atoms with van der Waals surface area (Å²) in [5.41, 5.74) is 0.419. The Morgan fingerprint density at radius 2 is 2.05 bits per heavy atom. The first-order valence-corrected chi connectivity index (χ1v) is 7.02. The highest BCUT2D eigenvalue weighted by Crippen LogP contribution is 2.26. The van der Waals surface area contributed by atoms with Crippen LogP contribution in [-0.2, 0) is 4.74 Å². The molecule has 3 rings (SSSR count). The highest BCUT2D eigenvalue weighted by Gasteiger charge is 2.32. The molecule has 1 aromatic carbocycles. The van der Waals surface area contributed by atoms with Gasteiger partial charge in [-0.25, -0.2) is 0 Å². The molecule has 0 aliphatic carbocycles. The summed E-state index contributed by atoms with van der Waals surface area (Å²) in [5, 5.41) is 4.61. The molecule has 0 saturated carbocycles. The summed E-state index contributed by atoms with van der Waals surface area (Å²) in [6.45, 7) is 1.20. The van der Waals surface area contributed by atoms with E-state index in [0.717, 1.165) is 0 Å². The molecule has 0 bridgehead atoms. The molecule has 1 amide bonds. The SMILES string of the molecule is O=C(c1cc(Cl)cc(Cl)c1)N1CCOCC1c1ncon1. The third kappa shape index (κ3) is 3.02. The first-order chi connectivity index (χ1) is 10.1. The smallest absolute Gasteiger partial charge is 0.254 e. The zero-order valence-electron chi connectivity index (χ0n) is 10.8. The molecule has 1 aliphatic rings. The number of hydrogen-bond donors (Lipinski definition) is 0. The van der Waals surface area contributed by atoms with Gasteiger partial charge < -0.3 is 14.2 Å². The van der Waals surface area contributed by atoms with Crippen LogP contribution >= 0.6 is 23.2 Å². The number of hydrogen-bond acceptors (Lipinski definition) is 5. The van der Waals surface area contributed by atoms with Gasteiger partial charge >= 0.3 is 0 Å². The monoisotopic (exact) mass is 327 g/mol. The molecule has 21 heavy (non-hydrogen) atoms. The molecular weight excluding hydrogens is 317 g/mol. The van der Waals surface area contributed by atoms with E-state index >= 15 is 0 Å². The lowest BCUT2D eigenvalue weighted by Crippen LogP contribution is -2.43. The second kappa shape index (κ2) is 6.01. The van der Waals surface area contributed by atoms with Crippen molar-refractivity contribution in [1.82, 2.24) is 15.0 Å². The summed E-state index contributed by atoms with van der Waals surface area (Å²) in [7, 11) is 0. The van der Waals surface area contributed by atoms with E-state index in [-0.39, 0.29) is 11.9 Å². The molecule has 0 spiro atoms. The van der Waals surface area contributed by atoms with Crippen molar-refractivity contribution in [1.29, 1.82) is 0 Å². The summed E-state index contributed by atoms with van der Waals surface area (Å²) in [6.07, 6.45) is 1.23. The van der Waals surface area contributed by atoms with E-state index in [0.29, 0.717) is 41.2 Å². The van der Waals surface area contributed by atoms with Gasteiger partial charge in [-0.1, -0.05) is 28.4 Å². The van der Waals surface area contributed by atoms with Crippen LogP contribution in [0.4, 0.5) is 0 Å². The molecule has 6 nitrogen and oxygen atoms in total. The summed E-state index contributed by atoms with van der Waals surface area (Å²) < 4.78 is 10.1. The molecule has 2 aromatic rings. The van der Waals surface area contributed by atoms with Crippen LogP contribution < -0.4 is 0 Å². The summed E-state index contributed by atoms with van der Waals surface area (Å²) in [5.74, 6) is 0.216. The summed E-state index contributed by atoms with van der Waals surface area (Å²) in [6, 6.07) is 4.36. The first-order valence-electron chi connectivity index (χ1n) is 6.26. The lowest BCUT2D eigenvalue weighted by molar-refractivity contribution is -0.00576. The second-order valence-electron chi connectivity index (χ2n) is 4.54. The van der Waals surface area contributed by atoms with Crippen LogP contribution in [0, 0.1) is 0 Å². The van der Waals surface area contributed by atoms with Gasteiger partial charge in [0, 0.05) is 22.2 Å². The fourth-order valence-corrected chi connectivity index (χ4v) is 2.76. The van der Waals surface area contributed by atoms with E-state index in [1.807, 2.05) is 0 Å². The van der Waals surface area contributed by atoms with E-state index in [2.05, 4.69) is 10.1 Å². The Kier molecular flexibility index (Phi) is 4.10. The fraction of sp³-hybridized carbons (Fsp3) is 0.308. The van der Waals surface area contributed by atoms with E-state index in [1.165, 1.54) is 6.39 Å². The second-order valence-corrected chi connectivity index (χ2v) is 5.41. The highest BCUT2D eigenvalue weighted by molar-refractivity contribution is 6.35. The number of carbonyl (C=O) groups is 1. The molecule has 1 unspecified atom stereocenters. The average Bonchev–Trinajstić information content (AvgIpc) is 2.99. The minimum absolute atomic E-state index is 0.197. The zero-order chi connectivity index (χ0) is 14.8. The molecule has 110 valence electrons. The fourth-order valence-electron chi connectivity index (χ4n) is 2.23. The van der Waals surface area contributed by atoms with Gasteiger partial charge in [0.25, 0.3) is 5.91 Å². The minimum atomic E-state index is -0.386. The number of amides is 1. The van der Waals surface area contributed by atoms with Crippen molar-refractivity contribution in [3.8, 4) is 0 Å². The normalized spacial score (nSPS) is 18.8.